The van der Waals surface area contributed by atoms with Crippen LogP contribution in [0.15, 0.2) is 103 Å². The molecule has 234 valence electrons. The summed E-state index contributed by atoms with van der Waals surface area (Å²) >= 11 is 0. The predicted octanol–water partition coefficient (Wildman–Crippen LogP) is 5.98. The number of alkyl carbamates (subject to hydrolysis) is 1. The Labute approximate surface area is 266 Å². The van der Waals surface area contributed by atoms with Gasteiger partial charge in [-0.3, -0.25) is 4.79 Å². The molecule has 0 spiro atoms. The molecule has 0 aliphatic rings. The molecule has 2 amide bonds. The van der Waals surface area contributed by atoms with Gasteiger partial charge in [-0.05, 0) is 63.1 Å². The highest BCUT2D eigenvalue weighted by Crippen LogP contribution is 2.22. The number of H-pyrrole nitrogens is 1. The van der Waals surface area contributed by atoms with Crippen molar-refractivity contribution in [2.75, 3.05) is 0 Å². The number of carbonyl (C=O) groups excluding carboxylic acids is 2. The van der Waals surface area contributed by atoms with Crippen LogP contribution >= 0.6 is 12.4 Å². The highest BCUT2D eigenvalue weighted by atomic mass is 35.5. The first kappa shape index (κ1) is 34.4. The van der Waals surface area contributed by atoms with Gasteiger partial charge in [0.05, 0.1) is 18.2 Å². The maximum Gasteiger partial charge on any atom is 0.407 e. The summed E-state index contributed by atoms with van der Waals surface area (Å²) in [6, 6.07) is 28.3. The number of carbonyl (C=O) groups is 2. The molecule has 44 heavy (non-hydrogen) atoms. The van der Waals surface area contributed by atoms with E-state index in [1.165, 1.54) is 0 Å². The third kappa shape index (κ3) is 11.2. The van der Waals surface area contributed by atoms with Crippen molar-refractivity contribution in [3.05, 3.63) is 126 Å². The monoisotopic (exact) mass is 618 g/mol. The van der Waals surface area contributed by atoms with Crippen molar-refractivity contribution in [1.82, 2.24) is 20.6 Å². The van der Waals surface area contributed by atoms with Gasteiger partial charge in [-0.15, -0.1) is 12.4 Å². The van der Waals surface area contributed by atoms with Crippen molar-refractivity contribution in [3.63, 3.8) is 0 Å². The summed E-state index contributed by atoms with van der Waals surface area (Å²) in [5.74, 6) is -0.120. The highest BCUT2D eigenvalue weighted by molar-refractivity contribution is 5.85. The number of aromatic amines is 1. The lowest BCUT2D eigenvalue weighted by molar-refractivity contribution is -0.127. The van der Waals surface area contributed by atoms with Gasteiger partial charge in [0.1, 0.15) is 11.4 Å². The van der Waals surface area contributed by atoms with E-state index in [-0.39, 0.29) is 30.8 Å². The van der Waals surface area contributed by atoms with Crippen molar-refractivity contribution in [2.45, 2.75) is 70.2 Å². The van der Waals surface area contributed by atoms with Crippen LogP contribution < -0.4 is 10.6 Å². The Hall–Kier alpha value is -4.14. The molecule has 0 unspecified atom stereocenters. The first-order valence-corrected chi connectivity index (χ1v) is 14.8. The molecule has 0 bridgehead atoms. The Morgan fingerprint density at radius 1 is 0.818 bits per heavy atom. The first-order chi connectivity index (χ1) is 20.7. The minimum absolute atomic E-state index is 0. The van der Waals surface area contributed by atoms with E-state index >= 15 is 0 Å². The lowest BCUT2D eigenvalue weighted by Crippen LogP contribution is -2.48. The first-order valence-electron chi connectivity index (χ1n) is 14.8. The van der Waals surface area contributed by atoms with Gasteiger partial charge < -0.3 is 25.5 Å². The fourth-order valence-corrected chi connectivity index (χ4v) is 5.07. The summed E-state index contributed by atoms with van der Waals surface area (Å²) in [4.78, 5) is 34.4. The topological polar surface area (TPSA) is 116 Å². The quantitative estimate of drug-likeness (QED) is 0.147. The SMILES string of the molecule is CC(C)(C)OC(=O)N[C@@H](Cc1ccccc1)[C@@H](O)C[C@@H](Cc1ccccc1)C(=O)N[C@@H](Cc1ccccc1)c1ncc[nH]1.Cl. The number of benzene rings is 3. The Morgan fingerprint density at radius 3 is 1.84 bits per heavy atom. The van der Waals surface area contributed by atoms with Crippen molar-refractivity contribution in [1.29, 1.82) is 0 Å². The Balaban J connectivity index is 0.00000529. The molecule has 0 fully saturated rings. The van der Waals surface area contributed by atoms with E-state index in [0.29, 0.717) is 25.1 Å². The largest absolute Gasteiger partial charge is 0.444 e. The summed E-state index contributed by atoms with van der Waals surface area (Å²) in [7, 11) is 0. The zero-order valence-electron chi connectivity index (χ0n) is 25.5. The Kier molecular flexibility index (Phi) is 13.0. The molecule has 1 heterocycles. The fourth-order valence-electron chi connectivity index (χ4n) is 5.07. The van der Waals surface area contributed by atoms with E-state index in [0.717, 1.165) is 16.7 Å². The van der Waals surface area contributed by atoms with Crippen LogP contribution in [0.5, 0.6) is 0 Å². The van der Waals surface area contributed by atoms with Gasteiger partial charge in [0, 0.05) is 18.3 Å². The van der Waals surface area contributed by atoms with Crippen LogP contribution in [0.25, 0.3) is 0 Å². The van der Waals surface area contributed by atoms with Gasteiger partial charge in [0.2, 0.25) is 5.91 Å². The molecule has 4 atom stereocenters. The molecule has 1 aromatic heterocycles. The molecule has 4 rings (SSSR count). The Bertz CT molecular complexity index is 1400. The fraction of sp³-hybridized carbons (Fsp3) is 0.343. The van der Waals surface area contributed by atoms with Gasteiger partial charge in [-0.2, -0.15) is 0 Å². The van der Waals surface area contributed by atoms with E-state index in [9.17, 15) is 14.7 Å². The summed E-state index contributed by atoms with van der Waals surface area (Å²) in [6.45, 7) is 5.38. The summed E-state index contributed by atoms with van der Waals surface area (Å²) in [6.07, 6.45) is 3.25. The second-order valence-electron chi connectivity index (χ2n) is 11.9. The molecule has 0 aliphatic heterocycles. The molecular formula is C35H43ClN4O4. The van der Waals surface area contributed by atoms with Gasteiger partial charge in [0.25, 0.3) is 0 Å². The summed E-state index contributed by atoms with van der Waals surface area (Å²) in [5.41, 5.74) is 2.30. The third-order valence-electron chi connectivity index (χ3n) is 7.14. The molecular weight excluding hydrogens is 576 g/mol. The maximum atomic E-state index is 14.0. The molecule has 9 heteroatoms. The minimum atomic E-state index is -1.02. The predicted molar refractivity (Wildman–Crippen MR) is 174 cm³/mol. The van der Waals surface area contributed by atoms with E-state index < -0.39 is 29.8 Å². The van der Waals surface area contributed by atoms with Crippen LogP contribution in [0.2, 0.25) is 0 Å². The average molecular weight is 619 g/mol. The zero-order chi connectivity index (χ0) is 30.7. The van der Waals surface area contributed by atoms with Crippen LogP contribution in [0.1, 0.15) is 55.7 Å². The number of aromatic nitrogens is 2. The molecule has 4 N–H and O–H groups in total. The number of aliphatic hydroxyl groups excluding tert-OH is 1. The van der Waals surface area contributed by atoms with E-state index in [1.54, 1.807) is 33.2 Å². The van der Waals surface area contributed by atoms with Crippen LogP contribution in [0.4, 0.5) is 4.79 Å². The number of nitrogens with one attached hydrogen (secondary N) is 3. The zero-order valence-corrected chi connectivity index (χ0v) is 26.3. The summed E-state index contributed by atoms with van der Waals surface area (Å²) < 4.78 is 5.50. The van der Waals surface area contributed by atoms with Crippen LogP contribution in [-0.2, 0) is 28.8 Å². The number of aliphatic hydroxyl groups is 1. The molecule has 0 saturated carbocycles. The number of halogens is 1. The molecule has 8 nitrogen and oxygen atoms in total. The summed E-state index contributed by atoms with van der Waals surface area (Å²) in [5, 5.41) is 17.7. The lowest BCUT2D eigenvalue weighted by Gasteiger charge is -2.29. The van der Waals surface area contributed by atoms with Gasteiger partial charge >= 0.3 is 6.09 Å². The van der Waals surface area contributed by atoms with Crippen molar-refractivity contribution in [3.8, 4) is 0 Å². The standard InChI is InChI=1S/C35H42N4O4.ClH/c1-35(2,3)43-34(42)39-29(22-26-15-9-5-10-16-26)31(40)24-28(21-25-13-7-4-8-14-25)33(41)38-30(32-36-19-20-37-32)23-27-17-11-6-12-18-27;/h4-20,28-31,40H,21-24H2,1-3H3,(H,36,37)(H,38,41)(H,39,42);1H/t28-,29+,30+,31+;/m1./s1. The minimum Gasteiger partial charge on any atom is -0.444 e. The third-order valence-corrected chi connectivity index (χ3v) is 7.14. The van der Waals surface area contributed by atoms with Gasteiger partial charge in [-0.25, -0.2) is 9.78 Å². The Morgan fingerprint density at radius 2 is 1.34 bits per heavy atom. The molecule has 0 aliphatic carbocycles. The molecule has 3 aromatic carbocycles. The molecule has 0 saturated heterocycles. The van der Waals surface area contributed by atoms with Gasteiger partial charge in [0.15, 0.2) is 0 Å². The number of imidazole rings is 1. The van der Waals surface area contributed by atoms with Crippen molar-refractivity contribution >= 4 is 24.4 Å². The smallest absolute Gasteiger partial charge is 0.407 e. The maximum absolute atomic E-state index is 14.0. The normalized spacial score (nSPS) is 13.9. The average Bonchev–Trinajstić information content (AvgIpc) is 3.52. The number of hydrogen-bond donors (Lipinski definition) is 4. The number of amides is 2. The van der Waals surface area contributed by atoms with E-state index in [4.69, 9.17) is 4.74 Å². The number of hydrogen-bond acceptors (Lipinski definition) is 5. The van der Waals surface area contributed by atoms with Crippen LogP contribution in [0, 0.1) is 5.92 Å². The van der Waals surface area contributed by atoms with E-state index in [1.807, 2.05) is 91.0 Å². The van der Waals surface area contributed by atoms with Crippen molar-refractivity contribution in [2.24, 2.45) is 5.92 Å². The van der Waals surface area contributed by atoms with Crippen LogP contribution in [0.3, 0.4) is 0 Å². The van der Waals surface area contributed by atoms with E-state index in [2.05, 4.69) is 20.6 Å². The molecule has 4 aromatic rings. The second kappa shape index (κ2) is 16.6. The number of nitrogens with zero attached hydrogens (tertiary/aromatic N) is 1. The lowest BCUT2D eigenvalue weighted by atomic mass is 9.88. The van der Waals surface area contributed by atoms with Crippen LogP contribution in [-0.4, -0.2) is 44.8 Å². The van der Waals surface area contributed by atoms with Crippen molar-refractivity contribution < 1.29 is 19.4 Å². The highest BCUT2D eigenvalue weighted by Gasteiger charge is 2.31. The molecule has 0 radical (unpaired) electrons. The second-order valence-corrected chi connectivity index (χ2v) is 11.9. The number of rotatable bonds is 13. The van der Waals surface area contributed by atoms with Gasteiger partial charge in [-0.1, -0.05) is 91.0 Å². The number of ether oxygens (including phenoxy) is 1.